The summed E-state index contributed by atoms with van der Waals surface area (Å²) in [5.74, 6) is 0.266. The van der Waals surface area contributed by atoms with Gasteiger partial charge < -0.3 is 5.32 Å². The van der Waals surface area contributed by atoms with Crippen molar-refractivity contribution in [1.82, 2.24) is 0 Å². The third-order valence-corrected chi connectivity index (χ3v) is 6.67. The lowest BCUT2D eigenvalue weighted by atomic mass is 9.68. The van der Waals surface area contributed by atoms with Crippen molar-refractivity contribution in [2.75, 3.05) is 5.32 Å². The second kappa shape index (κ2) is 6.31. The minimum atomic E-state index is -0.0286. The number of rotatable bonds is 1. The van der Waals surface area contributed by atoms with Crippen LogP contribution < -0.4 is 5.32 Å². The summed E-state index contributed by atoms with van der Waals surface area (Å²) in [4.78, 5) is 13.4. The molecule has 1 aliphatic heterocycles. The number of benzene rings is 3. The molecule has 3 aromatic carbocycles. The number of hydrogen-bond donors (Lipinski definition) is 1. The van der Waals surface area contributed by atoms with E-state index in [4.69, 9.17) is 0 Å². The van der Waals surface area contributed by atoms with Gasteiger partial charge in [-0.1, -0.05) is 78.3 Å². The van der Waals surface area contributed by atoms with Gasteiger partial charge in [-0.15, -0.1) is 0 Å². The van der Waals surface area contributed by atoms with E-state index in [1.165, 1.54) is 16.5 Å². The number of carbonyl (C=O) groups is 1. The number of allylic oxidation sites excluding steroid dienone is 1. The Balaban J connectivity index is 1.83. The average molecular weight is 432 g/mol. The molecular formula is C25H22BrNO. The molecule has 1 N–H and O–H groups in total. The highest BCUT2D eigenvalue weighted by Gasteiger charge is 2.40. The zero-order valence-corrected chi connectivity index (χ0v) is 17.6. The molecule has 0 radical (unpaired) electrons. The van der Waals surface area contributed by atoms with Gasteiger partial charge in [0, 0.05) is 27.7 Å². The second-order valence-corrected chi connectivity index (χ2v) is 9.50. The van der Waals surface area contributed by atoms with E-state index < -0.39 is 0 Å². The van der Waals surface area contributed by atoms with Crippen molar-refractivity contribution >= 4 is 43.7 Å². The molecular weight excluding hydrogens is 410 g/mol. The van der Waals surface area contributed by atoms with E-state index in [1.54, 1.807) is 0 Å². The van der Waals surface area contributed by atoms with Gasteiger partial charge in [-0.2, -0.15) is 0 Å². The molecule has 0 fully saturated rings. The van der Waals surface area contributed by atoms with Gasteiger partial charge in [0.15, 0.2) is 5.78 Å². The first-order valence-electron chi connectivity index (χ1n) is 9.74. The number of hydrogen-bond acceptors (Lipinski definition) is 2. The van der Waals surface area contributed by atoms with Crippen molar-refractivity contribution in [1.29, 1.82) is 0 Å². The van der Waals surface area contributed by atoms with Gasteiger partial charge in [-0.25, -0.2) is 0 Å². The summed E-state index contributed by atoms with van der Waals surface area (Å²) in [5.41, 5.74) is 5.43. The van der Waals surface area contributed by atoms with E-state index in [0.717, 1.165) is 33.1 Å². The van der Waals surface area contributed by atoms with E-state index in [2.05, 4.69) is 89.7 Å². The fraction of sp³-hybridized carbons (Fsp3) is 0.240. The second-order valence-electron chi connectivity index (χ2n) is 8.65. The van der Waals surface area contributed by atoms with Gasteiger partial charge >= 0.3 is 0 Å². The summed E-state index contributed by atoms with van der Waals surface area (Å²) in [5, 5.41) is 6.09. The van der Waals surface area contributed by atoms with E-state index in [0.29, 0.717) is 6.42 Å². The Hall–Kier alpha value is -2.39. The van der Waals surface area contributed by atoms with Crippen molar-refractivity contribution in [2.45, 2.75) is 32.7 Å². The predicted molar refractivity (Wildman–Crippen MR) is 119 cm³/mol. The first kappa shape index (κ1) is 17.7. The predicted octanol–water partition coefficient (Wildman–Crippen LogP) is 6.91. The molecule has 1 unspecified atom stereocenters. The monoisotopic (exact) mass is 431 g/mol. The van der Waals surface area contributed by atoms with Crippen LogP contribution in [0.15, 0.2) is 70.7 Å². The molecule has 28 heavy (non-hydrogen) atoms. The molecule has 1 aliphatic carbocycles. The summed E-state index contributed by atoms with van der Waals surface area (Å²) in [7, 11) is 0. The summed E-state index contributed by atoms with van der Waals surface area (Å²) in [6, 6.07) is 20.9. The fourth-order valence-electron chi connectivity index (χ4n) is 4.79. The molecule has 140 valence electrons. The van der Waals surface area contributed by atoms with Crippen molar-refractivity contribution < 1.29 is 4.79 Å². The number of ketones is 1. The first-order chi connectivity index (χ1) is 13.4. The molecule has 0 saturated carbocycles. The third-order valence-electron chi connectivity index (χ3n) is 5.95. The lowest BCUT2D eigenvalue weighted by molar-refractivity contribution is -0.116. The Morgan fingerprint density at radius 1 is 0.964 bits per heavy atom. The van der Waals surface area contributed by atoms with Crippen LogP contribution in [0, 0.1) is 5.41 Å². The molecule has 0 aromatic heterocycles. The van der Waals surface area contributed by atoms with E-state index in [9.17, 15) is 4.79 Å². The SMILES string of the molecule is CC1(C)CC(=O)C2=C(C1)C(c1ccccc1Br)Nc1ccc3ccccc3c12. The third kappa shape index (κ3) is 2.72. The van der Waals surface area contributed by atoms with E-state index >= 15 is 0 Å². The Labute approximate surface area is 173 Å². The fourth-order valence-corrected chi connectivity index (χ4v) is 5.31. The van der Waals surface area contributed by atoms with E-state index in [1.807, 2.05) is 6.07 Å². The van der Waals surface area contributed by atoms with Crippen LogP contribution in [0.25, 0.3) is 16.3 Å². The first-order valence-corrected chi connectivity index (χ1v) is 10.5. The summed E-state index contributed by atoms with van der Waals surface area (Å²) >= 11 is 3.72. The standard InChI is InChI=1S/C25H22BrNO/c1-25(2)13-18-23(21(28)14-25)22-16-8-4-3-7-15(16)11-12-20(22)27-24(18)17-9-5-6-10-19(17)26/h3-12,24,27H,13-14H2,1-2H3. The molecule has 0 saturated heterocycles. The van der Waals surface area contributed by atoms with Crippen LogP contribution in [-0.4, -0.2) is 5.78 Å². The lowest BCUT2D eigenvalue weighted by Gasteiger charge is -2.40. The van der Waals surface area contributed by atoms with Crippen molar-refractivity contribution in [3.05, 3.63) is 81.8 Å². The van der Waals surface area contributed by atoms with Gasteiger partial charge in [0.2, 0.25) is 0 Å². The van der Waals surface area contributed by atoms with Gasteiger partial charge in [-0.3, -0.25) is 4.79 Å². The minimum Gasteiger partial charge on any atom is -0.374 e. The van der Waals surface area contributed by atoms with Gasteiger partial charge in [0.05, 0.1) is 6.04 Å². The van der Waals surface area contributed by atoms with Crippen molar-refractivity contribution in [3.63, 3.8) is 0 Å². The Kier molecular flexibility index (Phi) is 3.99. The summed E-state index contributed by atoms with van der Waals surface area (Å²) in [6.07, 6.45) is 1.51. The van der Waals surface area contributed by atoms with Gasteiger partial charge in [0.25, 0.3) is 0 Å². The molecule has 0 bridgehead atoms. The maximum atomic E-state index is 13.4. The Morgan fingerprint density at radius 3 is 2.54 bits per heavy atom. The van der Waals surface area contributed by atoms with Gasteiger partial charge in [0.1, 0.15) is 0 Å². The van der Waals surface area contributed by atoms with Crippen molar-refractivity contribution in [2.24, 2.45) is 5.41 Å². The summed E-state index contributed by atoms with van der Waals surface area (Å²) in [6.45, 7) is 4.40. The lowest BCUT2D eigenvalue weighted by Crippen LogP contribution is -2.32. The van der Waals surface area contributed by atoms with Crippen LogP contribution in [-0.2, 0) is 4.79 Å². The highest BCUT2D eigenvalue weighted by molar-refractivity contribution is 9.10. The van der Waals surface area contributed by atoms with Gasteiger partial charge in [-0.05, 0) is 45.9 Å². The Bertz CT molecular complexity index is 1160. The zero-order valence-electron chi connectivity index (χ0n) is 16.1. The smallest absolute Gasteiger partial charge is 0.164 e. The van der Waals surface area contributed by atoms with E-state index in [-0.39, 0.29) is 17.2 Å². The number of halogens is 1. The number of nitrogens with one attached hydrogen (secondary N) is 1. The highest BCUT2D eigenvalue weighted by atomic mass is 79.9. The van der Waals surface area contributed by atoms with Crippen LogP contribution in [0.2, 0.25) is 0 Å². The van der Waals surface area contributed by atoms with Crippen LogP contribution in [0.5, 0.6) is 0 Å². The molecule has 1 heterocycles. The van der Waals surface area contributed by atoms with Crippen molar-refractivity contribution in [3.8, 4) is 0 Å². The topological polar surface area (TPSA) is 29.1 Å². The Morgan fingerprint density at radius 2 is 1.71 bits per heavy atom. The number of carbonyl (C=O) groups excluding carboxylic acids is 1. The van der Waals surface area contributed by atoms with Crippen LogP contribution in [0.4, 0.5) is 5.69 Å². The maximum Gasteiger partial charge on any atom is 0.164 e. The molecule has 3 heteroatoms. The molecule has 2 nitrogen and oxygen atoms in total. The number of anilines is 1. The molecule has 1 atom stereocenters. The van der Waals surface area contributed by atoms with Crippen LogP contribution in [0.1, 0.15) is 43.9 Å². The van der Waals surface area contributed by atoms with Crippen LogP contribution in [0.3, 0.4) is 0 Å². The quantitative estimate of drug-likeness (QED) is 0.453. The molecule has 3 aromatic rings. The summed E-state index contributed by atoms with van der Waals surface area (Å²) < 4.78 is 1.07. The molecule has 5 rings (SSSR count). The molecule has 0 spiro atoms. The number of fused-ring (bicyclic) bond motifs is 4. The largest absolute Gasteiger partial charge is 0.374 e. The molecule has 2 aliphatic rings. The highest BCUT2D eigenvalue weighted by Crippen LogP contribution is 2.52. The number of Topliss-reactive ketones (excluding diaryl/α,β-unsaturated/α-hetero) is 1. The normalized spacial score (nSPS) is 20.5. The average Bonchev–Trinajstić information content (AvgIpc) is 2.66. The molecule has 0 amide bonds. The maximum absolute atomic E-state index is 13.4. The zero-order chi connectivity index (χ0) is 19.5. The van der Waals surface area contributed by atoms with Crippen LogP contribution >= 0.6 is 15.9 Å². The minimum absolute atomic E-state index is 0.00256.